The molecule has 1 fully saturated rings. The fraction of sp³-hybridized carbons (Fsp3) is 0.500. The van der Waals surface area contributed by atoms with Gasteiger partial charge in [-0.15, -0.1) is 0 Å². The van der Waals surface area contributed by atoms with E-state index in [0.29, 0.717) is 23.8 Å². The molecule has 1 aromatic rings. The van der Waals surface area contributed by atoms with E-state index in [1.165, 1.54) is 12.5 Å². The van der Waals surface area contributed by atoms with E-state index in [1.807, 2.05) is 37.6 Å². The van der Waals surface area contributed by atoms with E-state index in [9.17, 15) is 14.0 Å². The molecule has 0 aliphatic heterocycles. The molecule has 0 heterocycles. The van der Waals surface area contributed by atoms with Crippen LogP contribution in [0, 0.1) is 17.8 Å². The third-order valence-corrected chi connectivity index (χ3v) is 7.45. The summed E-state index contributed by atoms with van der Waals surface area (Å²) in [7, 11) is 0. The quantitative estimate of drug-likeness (QED) is 0.272. The minimum absolute atomic E-state index is 0.00593. The van der Waals surface area contributed by atoms with Crippen molar-refractivity contribution in [2.45, 2.75) is 64.6 Å². The number of rotatable bonds is 10. The fourth-order valence-corrected chi connectivity index (χ4v) is 5.94. The van der Waals surface area contributed by atoms with Crippen LogP contribution >= 0.6 is 0 Å². The van der Waals surface area contributed by atoms with Crippen LogP contribution in [0.25, 0.3) is 0 Å². The first-order valence-electron chi connectivity index (χ1n) is 12.6. The third kappa shape index (κ3) is 7.88. The average molecular weight is 578 g/mol. The molecule has 3 N–H and O–H groups in total. The topological polar surface area (TPSA) is 90.8 Å². The van der Waals surface area contributed by atoms with Crippen molar-refractivity contribution in [2.75, 3.05) is 6.54 Å². The Morgan fingerprint density at radius 2 is 1.92 bits per heavy atom. The summed E-state index contributed by atoms with van der Waals surface area (Å²) < 4.78 is 15.6. The predicted octanol–water partition coefficient (Wildman–Crippen LogP) is 4.91. The van der Waals surface area contributed by atoms with E-state index in [2.05, 4.69) is 35.8 Å². The average Bonchev–Trinajstić information content (AvgIpc) is 2.82. The van der Waals surface area contributed by atoms with Gasteiger partial charge in [0.15, 0.2) is 0 Å². The number of amides is 1. The van der Waals surface area contributed by atoms with Gasteiger partial charge in [-0.1, -0.05) is 0 Å². The molecule has 0 saturated heterocycles. The molecule has 1 saturated carbocycles. The van der Waals surface area contributed by atoms with Crippen LogP contribution in [0.5, 0.6) is 0 Å². The van der Waals surface area contributed by atoms with Gasteiger partial charge in [-0.2, -0.15) is 0 Å². The number of carbonyl (C=O) groups excluding carboxylic acids is 1. The maximum atomic E-state index is 13.6. The van der Waals surface area contributed by atoms with E-state index in [1.54, 1.807) is 18.2 Å². The normalized spacial score (nSPS) is 27.2. The van der Waals surface area contributed by atoms with Crippen LogP contribution in [-0.4, -0.2) is 39.3 Å². The number of hydrogen-bond donors (Lipinski definition) is 3. The molecule has 36 heavy (non-hydrogen) atoms. The first-order chi connectivity index (χ1) is 17.1. The van der Waals surface area contributed by atoms with E-state index in [4.69, 9.17) is 10.1 Å². The number of nitrogens with zero attached hydrogens (tertiary/aromatic N) is 1. The van der Waals surface area contributed by atoms with Gasteiger partial charge in [-0.05, 0) is 0 Å². The molecule has 1 amide bonds. The first kappa shape index (κ1) is 28.3. The second-order valence-electron chi connectivity index (χ2n) is 10.2. The fourth-order valence-electron chi connectivity index (χ4n) is 5.38. The Bertz CT molecular complexity index is 1040. The second-order valence-corrected chi connectivity index (χ2v) is 10.8. The summed E-state index contributed by atoms with van der Waals surface area (Å²) in [5.74, 6) is -0.310. The van der Waals surface area contributed by atoms with Gasteiger partial charge in [0.25, 0.3) is 0 Å². The number of halogens is 1. The number of hydrogen-bond acceptors (Lipinski definition) is 4. The van der Waals surface area contributed by atoms with Gasteiger partial charge in [0.05, 0.1) is 6.42 Å². The molecular weight excluding hydrogens is 541 g/mol. The van der Waals surface area contributed by atoms with E-state index in [0.717, 1.165) is 24.1 Å². The molecule has 4 atom stereocenters. The van der Waals surface area contributed by atoms with Crippen LogP contribution in [0.2, 0.25) is 0 Å². The SMILES string of the molecule is CC1CC(C)CC(/N=C(\[CH]=[Mo])C2C=CC(F)=CC2)(N[C@H](C)c2ccc(C(=O)NCCC(=O)O)cc2)C1. The van der Waals surface area contributed by atoms with Crippen molar-refractivity contribution in [2.24, 2.45) is 22.7 Å². The molecular formula is C28H36FMoN3O3. The number of carboxylic acid groups (broad SMARTS) is 1. The molecule has 0 aromatic heterocycles. The Morgan fingerprint density at radius 1 is 1.25 bits per heavy atom. The monoisotopic (exact) mass is 579 g/mol. The van der Waals surface area contributed by atoms with Gasteiger partial charge < -0.3 is 5.11 Å². The molecule has 0 radical (unpaired) electrons. The van der Waals surface area contributed by atoms with Crippen LogP contribution in [0.1, 0.15) is 74.8 Å². The molecule has 1 aromatic carbocycles. The zero-order valence-corrected chi connectivity index (χ0v) is 23.2. The van der Waals surface area contributed by atoms with Crippen LogP contribution < -0.4 is 10.6 Å². The predicted molar refractivity (Wildman–Crippen MR) is 137 cm³/mol. The Kier molecular flexibility index (Phi) is 10.1. The Hall–Kier alpha value is -2.24. The van der Waals surface area contributed by atoms with Crippen molar-refractivity contribution in [3.63, 3.8) is 0 Å². The Morgan fingerprint density at radius 3 is 2.47 bits per heavy atom. The van der Waals surface area contributed by atoms with Crippen molar-refractivity contribution in [3.05, 3.63) is 59.4 Å². The van der Waals surface area contributed by atoms with Gasteiger partial charge >= 0.3 is 202 Å². The molecule has 6 nitrogen and oxygen atoms in total. The van der Waals surface area contributed by atoms with Crippen LogP contribution in [0.3, 0.4) is 0 Å². The Labute approximate surface area is 224 Å². The first-order valence-corrected chi connectivity index (χ1v) is 13.7. The summed E-state index contributed by atoms with van der Waals surface area (Å²) in [6, 6.07) is 7.40. The molecule has 2 aliphatic carbocycles. The Balaban J connectivity index is 1.79. The van der Waals surface area contributed by atoms with E-state index < -0.39 is 11.6 Å². The number of carboxylic acids is 1. The van der Waals surface area contributed by atoms with Crippen molar-refractivity contribution in [1.82, 2.24) is 10.6 Å². The molecule has 0 spiro atoms. The molecule has 0 bridgehead atoms. The summed E-state index contributed by atoms with van der Waals surface area (Å²) in [4.78, 5) is 28.3. The summed E-state index contributed by atoms with van der Waals surface area (Å²) in [5.41, 5.74) is 2.09. The maximum absolute atomic E-state index is 13.6. The van der Waals surface area contributed by atoms with Gasteiger partial charge in [-0.3, -0.25) is 4.79 Å². The second kappa shape index (κ2) is 12.8. The van der Waals surface area contributed by atoms with Crippen LogP contribution in [-0.2, 0) is 24.1 Å². The number of aliphatic imine (C=N–C) groups is 1. The molecule has 3 rings (SSSR count). The zero-order chi connectivity index (χ0) is 26.3. The van der Waals surface area contributed by atoms with Crippen molar-refractivity contribution >= 4 is 22.0 Å². The van der Waals surface area contributed by atoms with Gasteiger partial charge in [0, 0.05) is 6.54 Å². The van der Waals surface area contributed by atoms with Crippen molar-refractivity contribution < 1.29 is 38.4 Å². The van der Waals surface area contributed by atoms with Crippen molar-refractivity contribution in [3.8, 4) is 0 Å². The summed E-state index contributed by atoms with van der Waals surface area (Å²) >= 11 is 1.91. The summed E-state index contributed by atoms with van der Waals surface area (Å²) in [6.07, 6.45) is 8.57. The molecule has 8 heteroatoms. The minimum atomic E-state index is -0.944. The number of allylic oxidation sites excluding steroid dienone is 4. The number of carbonyl (C=O) groups is 2. The number of aliphatic carboxylic acids is 1. The van der Waals surface area contributed by atoms with E-state index in [-0.39, 0.29) is 36.7 Å². The molecule has 3 unspecified atom stereocenters. The molecule has 194 valence electrons. The number of benzene rings is 1. The van der Waals surface area contributed by atoms with Crippen LogP contribution in [0.15, 0.2) is 53.3 Å². The third-order valence-electron chi connectivity index (χ3n) is 6.86. The van der Waals surface area contributed by atoms with Gasteiger partial charge in [0.1, 0.15) is 0 Å². The zero-order valence-electron chi connectivity index (χ0n) is 21.2. The summed E-state index contributed by atoms with van der Waals surface area (Å²) in [6.45, 7) is 6.76. The van der Waals surface area contributed by atoms with Crippen molar-refractivity contribution in [1.29, 1.82) is 0 Å². The van der Waals surface area contributed by atoms with Gasteiger partial charge in [-0.25, -0.2) is 0 Å². The molecule has 2 aliphatic rings. The van der Waals surface area contributed by atoms with E-state index >= 15 is 0 Å². The van der Waals surface area contributed by atoms with Gasteiger partial charge in [0.2, 0.25) is 0 Å². The van der Waals surface area contributed by atoms with Crippen LogP contribution in [0.4, 0.5) is 4.39 Å². The standard InChI is InChI=1S/C28H36FN3O3.Mo/c1-18-15-19(2)17-28(16-18,32-21(4)23-9-11-25(29)12-10-23)31-20(3)22-5-7-24(8-6-22)27(35)30-14-13-26(33)34;/h4-9,11-12,18-20,23,31H,10,13-17H2,1-3H3,(H,30,35)(H,33,34);/b32-21+;/t18?,19?,20-,23?,28?;/m1./s1. The number of nitrogens with one attached hydrogen (secondary N) is 2. The summed E-state index contributed by atoms with van der Waals surface area (Å²) in [5, 5.41) is 15.2.